The fraction of sp³-hybridized carbons (Fsp3) is 0.857. The monoisotopic (exact) mass is 156 g/mol. The quantitative estimate of drug-likeness (QED) is 0.454. The molecule has 0 saturated carbocycles. The van der Waals surface area contributed by atoms with Crippen LogP contribution in [0.15, 0.2) is 4.99 Å². The number of nitrogens with one attached hydrogen (secondary N) is 1. The van der Waals surface area contributed by atoms with Crippen molar-refractivity contribution < 1.29 is 9.53 Å². The van der Waals surface area contributed by atoms with Crippen LogP contribution in [0.4, 0.5) is 0 Å². The number of hydrogen-bond donors (Lipinski definition) is 1. The molecule has 62 valence electrons. The van der Waals surface area contributed by atoms with Gasteiger partial charge in [0.05, 0.1) is 0 Å². The molecule has 0 aromatic heterocycles. The lowest BCUT2D eigenvalue weighted by Gasteiger charge is -2.30. The van der Waals surface area contributed by atoms with Gasteiger partial charge in [0.1, 0.15) is 0 Å². The largest absolute Gasteiger partial charge is 0.356 e. The number of piperidine rings is 1. The number of hydrogen-bond acceptors (Lipinski definition) is 4. The van der Waals surface area contributed by atoms with E-state index < -0.39 is 5.72 Å². The molecule has 0 radical (unpaired) electrons. The molecule has 4 nitrogen and oxygen atoms in total. The molecule has 1 aliphatic rings. The topological polar surface area (TPSA) is 50.7 Å². The summed E-state index contributed by atoms with van der Waals surface area (Å²) in [7, 11) is 1.58. The second kappa shape index (κ2) is 3.62. The van der Waals surface area contributed by atoms with Gasteiger partial charge in [-0.15, -0.1) is 0 Å². The van der Waals surface area contributed by atoms with Gasteiger partial charge in [-0.1, -0.05) is 0 Å². The van der Waals surface area contributed by atoms with Gasteiger partial charge in [0.15, 0.2) is 5.72 Å². The molecule has 0 atom stereocenters. The average molecular weight is 156 g/mol. The maximum Gasteiger partial charge on any atom is 0.237 e. The van der Waals surface area contributed by atoms with Crippen LogP contribution in [0, 0.1) is 0 Å². The van der Waals surface area contributed by atoms with E-state index in [1.807, 2.05) is 0 Å². The molecule has 0 aliphatic carbocycles. The van der Waals surface area contributed by atoms with Gasteiger partial charge in [0, 0.05) is 20.0 Å². The highest BCUT2D eigenvalue weighted by molar-refractivity contribution is 5.34. The highest BCUT2D eigenvalue weighted by atomic mass is 16.5. The van der Waals surface area contributed by atoms with Crippen molar-refractivity contribution in [2.45, 2.75) is 18.6 Å². The van der Waals surface area contributed by atoms with Gasteiger partial charge in [-0.05, 0) is 13.1 Å². The number of nitrogens with zero attached hydrogens (tertiary/aromatic N) is 1. The van der Waals surface area contributed by atoms with Gasteiger partial charge >= 0.3 is 0 Å². The minimum Gasteiger partial charge on any atom is -0.356 e. The van der Waals surface area contributed by atoms with Gasteiger partial charge in [-0.25, -0.2) is 4.79 Å². The normalized spacial score (nSPS) is 22.3. The highest BCUT2D eigenvalue weighted by Crippen LogP contribution is 2.22. The fourth-order valence-corrected chi connectivity index (χ4v) is 1.26. The third kappa shape index (κ3) is 1.87. The number of carbonyl (C=O) groups excluding carboxylic acids is 1. The van der Waals surface area contributed by atoms with E-state index in [9.17, 15) is 4.79 Å². The summed E-state index contributed by atoms with van der Waals surface area (Å²) in [6.45, 7) is 1.69. The van der Waals surface area contributed by atoms with Crippen LogP contribution in [0.1, 0.15) is 12.8 Å². The van der Waals surface area contributed by atoms with Crippen molar-refractivity contribution in [2.75, 3.05) is 20.2 Å². The smallest absolute Gasteiger partial charge is 0.237 e. The Kier molecular flexibility index (Phi) is 2.76. The third-order valence-electron chi connectivity index (χ3n) is 2.01. The molecule has 0 amide bonds. The van der Waals surface area contributed by atoms with E-state index >= 15 is 0 Å². The fourth-order valence-electron chi connectivity index (χ4n) is 1.26. The first-order chi connectivity index (χ1) is 5.33. The Bertz CT molecular complexity index is 169. The average Bonchev–Trinajstić information content (AvgIpc) is 2.07. The van der Waals surface area contributed by atoms with Gasteiger partial charge in [-0.3, -0.25) is 0 Å². The van der Waals surface area contributed by atoms with Gasteiger partial charge in [0.25, 0.3) is 0 Å². The molecule has 0 aromatic rings. The third-order valence-corrected chi connectivity index (χ3v) is 2.01. The van der Waals surface area contributed by atoms with Crippen molar-refractivity contribution in [3.8, 4) is 0 Å². The van der Waals surface area contributed by atoms with Crippen molar-refractivity contribution in [1.29, 1.82) is 0 Å². The summed E-state index contributed by atoms with van der Waals surface area (Å²) < 4.78 is 5.15. The molecule has 11 heavy (non-hydrogen) atoms. The highest BCUT2D eigenvalue weighted by Gasteiger charge is 2.30. The van der Waals surface area contributed by atoms with Crippen molar-refractivity contribution in [3.63, 3.8) is 0 Å². The Morgan fingerprint density at radius 2 is 2.18 bits per heavy atom. The van der Waals surface area contributed by atoms with Crippen LogP contribution in [-0.2, 0) is 9.53 Å². The minimum atomic E-state index is -0.590. The Morgan fingerprint density at radius 3 is 2.64 bits per heavy atom. The molecule has 0 spiro atoms. The molecular formula is C7H12N2O2. The molecule has 1 aliphatic heterocycles. The molecule has 1 saturated heterocycles. The summed E-state index contributed by atoms with van der Waals surface area (Å²) in [5.74, 6) is 0. The van der Waals surface area contributed by atoms with E-state index in [1.165, 1.54) is 0 Å². The number of methoxy groups -OCH3 is 1. The van der Waals surface area contributed by atoms with Crippen LogP contribution in [0.3, 0.4) is 0 Å². The minimum absolute atomic E-state index is 0.590. The van der Waals surface area contributed by atoms with E-state index in [0.717, 1.165) is 25.9 Å². The second-order valence-corrected chi connectivity index (χ2v) is 2.60. The van der Waals surface area contributed by atoms with E-state index in [-0.39, 0.29) is 0 Å². The van der Waals surface area contributed by atoms with Crippen LogP contribution in [0.25, 0.3) is 0 Å². The van der Waals surface area contributed by atoms with Crippen molar-refractivity contribution in [2.24, 2.45) is 4.99 Å². The summed E-state index contributed by atoms with van der Waals surface area (Å²) in [6.07, 6.45) is 3.05. The molecule has 1 fully saturated rings. The zero-order valence-corrected chi connectivity index (χ0v) is 6.59. The van der Waals surface area contributed by atoms with E-state index in [1.54, 1.807) is 13.2 Å². The zero-order chi connectivity index (χ0) is 8.16. The number of ether oxygens (including phenoxy) is 1. The molecule has 1 heterocycles. The predicted molar refractivity (Wildman–Crippen MR) is 40.0 cm³/mol. The van der Waals surface area contributed by atoms with Gasteiger partial charge < -0.3 is 10.1 Å². The first-order valence-electron chi connectivity index (χ1n) is 3.68. The van der Waals surface area contributed by atoms with E-state index in [0.29, 0.717) is 0 Å². The Morgan fingerprint density at radius 1 is 1.55 bits per heavy atom. The first-order valence-corrected chi connectivity index (χ1v) is 3.68. The van der Waals surface area contributed by atoms with E-state index in [2.05, 4.69) is 10.3 Å². The Balaban J connectivity index is 2.64. The second-order valence-electron chi connectivity index (χ2n) is 2.60. The van der Waals surface area contributed by atoms with Crippen molar-refractivity contribution in [3.05, 3.63) is 0 Å². The lowest BCUT2D eigenvalue weighted by atomic mass is 10.0. The lowest BCUT2D eigenvalue weighted by Crippen LogP contribution is -2.41. The summed E-state index contributed by atoms with van der Waals surface area (Å²) in [5, 5.41) is 3.16. The molecule has 0 unspecified atom stereocenters. The van der Waals surface area contributed by atoms with Crippen LogP contribution in [0.2, 0.25) is 0 Å². The summed E-state index contributed by atoms with van der Waals surface area (Å²) in [5.41, 5.74) is -0.590. The van der Waals surface area contributed by atoms with Crippen LogP contribution in [-0.4, -0.2) is 32.0 Å². The van der Waals surface area contributed by atoms with Crippen LogP contribution >= 0.6 is 0 Å². The lowest BCUT2D eigenvalue weighted by molar-refractivity contribution is -0.0260. The van der Waals surface area contributed by atoms with E-state index in [4.69, 9.17) is 4.74 Å². The van der Waals surface area contributed by atoms with Crippen LogP contribution < -0.4 is 5.32 Å². The first kappa shape index (κ1) is 8.40. The SMILES string of the molecule is COC1(N=C=O)CCNCC1. The van der Waals surface area contributed by atoms with Crippen molar-refractivity contribution >= 4 is 6.08 Å². The molecule has 0 aromatic carbocycles. The van der Waals surface area contributed by atoms with Gasteiger partial charge in [-0.2, -0.15) is 4.99 Å². The number of rotatable bonds is 2. The molecular weight excluding hydrogens is 144 g/mol. The summed E-state index contributed by atoms with van der Waals surface area (Å²) in [4.78, 5) is 13.7. The standard InChI is InChI=1S/C7H12N2O2/c1-11-7(9-6-10)2-4-8-5-3-7/h8H,2-5H2,1H3. The number of isocyanates is 1. The zero-order valence-electron chi connectivity index (χ0n) is 6.59. The molecule has 1 N–H and O–H groups in total. The molecule has 1 rings (SSSR count). The Labute approximate surface area is 65.6 Å². The number of aliphatic imine (C=N–C) groups is 1. The molecule has 0 bridgehead atoms. The predicted octanol–water partition coefficient (Wildman–Crippen LogP) is 0.0483. The summed E-state index contributed by atoms with van der Waals surface area (Å²) >= 11 is 0. The maximum absolute atomic E-state index is 10.0. The van der Waals surface area contributed by atoms with Crippen molar-refractivity contribution in [1.82, 2.24) is 5.32 Å². The maximum atomic E-state index is 10.0. The van der Waals surface area contributed by atoms with Gasteiger partial charge in [0.2, 0.25) is 6.08 Å². The summed E-state index contributed by atoms with van der Waals surface area (Å²) in [6, 6.07) is 0. The van der Waals surface area contributed by atoms with Crippen LogP contribution in [0.5, 0.6) is 0 Å². The molecule has 4 heteroatoms. The Hall–Kier alpha value is -0.700.